The zero-order chi connectivity index (χ0) is 25.7. The molecule has 36 heavy (non-hydrogen) atoms. The maximum Gasteiger partial charge on any atom is 0.417 e. The van der Waals surface area contributed by atoms with E-state index in [2.05, 4.69) is 21.4 Å². The number of primary amides is 1. The Hall–Kier alpha value is -4.58. The molecule has 1 aliphatic carbocycles. The third kappa shape index (κ3) is 5.55. The Balaban J connectivity index is 1.58. The molecule has 1 aromatic heterocycles. The summed E-state index contributed by atoms with van der Waals surface area (Å²) in [6.45, 7) is 2.00. The molecule has 0 fully saturated rings. The number of carbonyl (C=O) groups excluding carboxylic acids is 1. The van der Waals surface area contributed by atoms with E-state index < -0.39 is 17.7 Å². The van der Waals surface area contributed by atoms with Crippen molar-refractivity contribution in [2.45, 2.75) is 26.1 Å². The number of rotatable bonds is 7. The molecular weight excluding hydrogens is 471 g/mol. The summed E-state index contributed by atoms with van der Waals surface area (Å²) >= 11 is 0. The Bertz CT molecular complexity index is 1420. The second-order valence-corrected chi connectivity index (χ2v) is 7.69. The second kappa shape index (κ2) is 10.4. The number of carbonyl (C=O) groups is 1. The lowest BCUT2D eigenvalue weighted by molar-refractivity contribution is -0.0881. The number of benzene rings is 1. The third-order valence-electron chi connectivity index (χ3n) is 5.37. The van der Waals surface area contributed by atoms with Crippen LogP contribution in [0.2, 0.25) is 0 Å². The number of aryl methyl sites for hydroxylation is 1. The van der Waals surface area contributed by atoms with Crippen molar-refractivity contribution in [2.24, 2.45) is 10.7 Å². The fourth-order valence-electron chi connectivity index (χ4n) is 3.45. The summed E-state index contributed by atoms with van der Waals surface area (Å²) in [5.74, 6) is 0.323. The maximum absolute atomic E-state index is 13.0. The van der Waals surface area contributed by atoms with Crippen LogP contribution in [0.4, 0.5) is 13.2 Å². The van der Waals surface area contributed by atoms with Crippen molar-refractivity contribution in [1.29, 1.82) is 0 Å². The lowest BCUT2D eigenvalue weighted by Crippen LogP contribution is -2.13. The van der Waals surface area contributed by atoms with Gasteiger partial charge in [0.2, 0.25) is 11.8 Å². The van der Waals surface area contributed by atoms with Gasteiger partial charge in [-0.2, -0.15) is 13.2 Å². The normalized spacial score (nSPS) is 14.8. The minimum Gasteiger partial charge on any atom is -0.488 e. The molecule has 0 saturated carbocycles. The van der Waals surface area contributed by atoms with Crippen molar-refractivity contribution in [1.82, 2.24) is 4.98 Å². The fourth-order valence-corrected chi connectivity index (χ4v) is 3.45. The number of ether oxygens (including phenoxy) is 2. The highest BCUT2D eigenvalue weighted by Gasteiger charge is 2.31. The molecule has 0 radical (unpaired) electrons. The number of allylic oxidation sites excluding steroid dienone is 4. The molecule has 0 bridgehead atoms. The lowest BCUT2D eigenvalue weighted by Gasteiger charge is -2.18. The summed E-state index contributed by atoms with van der Waals surface area (Å²) in [5.41, 5.74) is 13.1. The number of aromatic nitrogens is 1. The molecule has 9 heteroatoms. The summed E-state index contributed by atoms with van der Waals surface area (Å²) in [4.78, 5) is 19.9. The minimum atomic E-state index is -4.48. The van der Waals surface area contributed by atoms with Crippen molar-refractivity contribution >= 4 is 17.6 Å². The molecule has 1 aliphatic heterocycles. The molecule has 1 amide bonds. The molecule has 4 rings (SSSR count). The molecule has 182 valence electrons. The van der Waals surface area contributed by atoms with Crippen LogP contribution in [0.5, 0.6) is 0 Å². The van der Waals surface area contributed by atoms with Gasteiger partial charge in [-0.1, -0.05) is 12.7 Å². The first-order valence-corrected chi connectivity index (χ1v) is 10.9. The number of halogens is 3. The van der Waals surface area contributed by atoms with Crippen LogP contribution in [0.1, 0.15) is 39.5 Å². The van der Waals surface area contributed by atoms with Gasteiger partial charge in [0.1, 0.15) is 12.4 Å². The van der Waals surface area contributed by atoms with Gasteiger partial charge in [-0.15, -0.1) is 5.73 Å². The smallest absolute Gasteiger partial charge is 0.417 e. The van der Waals surface area contributed by atoms with Crippen LogP contribution in [-0.4, -0.2) is 23.0 Å². The van der Waals surface area contributed by atoms with Crippen LogP contribution in [0.15, 0.2) is 95.0 Å². The first-order valence-electron chi connectivity index (χ1n) is 10.9. The van der Waals surface area contributed by atoms with Crippen molar-refractivity contribution in [3.05, 3.63) is 118 Å². The Kier molecular flexibility index (Phi) is 7.06. The molecule has 6 nitrogen and oxygen atoms in total. The average Bonchev–Trinajstić information content (AvgIpc) is 3.13. The van der Waals surface area contributed by atoms with Gasteiger partial charge in [-0.25, -0.2) is 4.99 Å². The van der Waals surface area contributed by atoms with Crippen LogP contribution in [0.25, 0.3) is 5.76 Å². The maximum atomic E-state index is 13.0. The van der Waals surface area contributed by atoms with Gasteiger partial charge in [-0.05, 0) is 54.5 Å². The number of nitrogens with two attached hydrogens (primary N) is 1. The molecule has 2 aromatic rings. The Morgan fingerprint density at radius 1 is 1.14 bits per heavy atom. The average molecular weight is 491 g/mol. The van der Waals surface area contributed by atoms with Crippen LogP contribution in [0.3, 0.4) is 0 Å². The fraction of sp³-hybridized carbons (Fsp3) is 0.148. The van der Waals surface area contributed by atoms with E-state index in [1.807, 2.05) is 6.92 Å². The molecule has 0 atom stereocenters. The van der Waals surface area contributed by atoms with Gasteiger partial charge >= 0.3 is 6.18 Å². The van der Waals surface area contributed by atoms with Crippen molar-refractivity contribution < 1.29 is 27.4 Å². The van der Waals surface area contributed by atoms with Gasteiger partial charge in [0.15, 0.2) is 5.76 Å². The molecular formula is C27H20F3N3O3. The number of pyridine rings is 1. The quantitative estimate of drug-likeness (QED) is 0.534. The Morgan fingerprint density at radius 2 is 1.92 bits per heavy atom. The van der Waals surface area contributed by atoms with E-state index in [4.69, 9.17) is 15.2 Å². The SMILES string of the molecule is CCc1cncc(C2=C=CN=C(c3ccc(C(N)=O)cc3)O2)c1COC1=CC=C(C(F)(F)F)C=C=C1. The lowest BCUT2D eigenvalue weighted by atomic mass is 10.0. The molecule has 0 unspecified atom stereocenters. The zero-order valence-electron chi connectivity index (χ0n) is 19.1. The van der Waals surface area contributed by atoms with Crippen LogP contribution in [-0.2, 0) is 22.5 Å². The summed E-state index contributed by atoms with van der Waals surface area (Å²) in [7, 11) is 0. The van der Waals surface area contributed by atoms with E-state index >= 15 is 0 Å². The van der Waals surface area contributed by atoms with Crippen molar-refractivity contribution in [3.8, 4) is 0 Å². The largest absolute Gasteiger partial charge is 0.488 e. The number of alkyl halides is 3. The summed E-state index contributed by atoms with van der Waals surface area (Å²) in [5, 5.41) is 0. The van der Waals surface area contributed by atoms with Crippen LogP contribution in [0, 0.1) is 0 Å². The van der Waals surface area contributed by atoms with E-state index in [1.54, 1.807) is 36.7 Å². The van der Waals surface area contributed by atoms with Crippen LogP contribution >= 0.6 is 0 Å². The monoisotopic (exact) mass is 491 g/mol. The van der Waals surface area contributed by atoms with Crippen LogP contribution < -0.4 is 5.73 Å². The standard InChI is InChI=1S/C27H20F3N3O3/c1-2-17-14-32-15-22(23(17)16-35-21-5-3-4-20(10-11-21)27(28,29)30)24-12-13-33-26(36-24)19-8-6-18(7-9-19)25(31)34/h4-11,13-15H,2,16H2,1H3,(H2,31,34). The first kappa shape index (κ1) is 24.5. The molecule has 1 aromatic carbocycles. The summed E-state index contributed by atoms with van der Waals surface area (Å²) in [6.07, 6.45) is 5.34. The Labute approximate surface area is 205 Å². The highest BCUT2D eigenvalue weighted by molar-refractivity contribution is 6.00. The van der Waals surface area contributed by atoms with Gasteiger partial charge in [0, 0.05) is 35.2 Å². The highest BCUT2D eigenvalue weighted by Crippen LogP contribution is 2.29. The first-order chi connectivity index (χ1) is 17.3. The molecule has 0 saturated heterocycles. The topological polar surface area (TPSA) is 86.8 Å². The van der Waals surface area contributed by atoms with Gasteiger partial charge in [-0.3, -0.25) is 9.78 Å². The van der Waals surface area contributed by atoms with E-state index in [0.29, 0.717) is 28.9 Å². The molecule has 0 spiro atoms. The molecule has 2 N–H and O–H groups in total. The highest BCUT2D eigenvalue weighted by atomic mass is 19.4. The minimum absolute atomic E-state index is 0.0502. The van der Waals surface area contributed by atoms with E-state index in [1.165, 1.54) is 18.4 Å². The molecule has 2 aliphatic rings. The van der Waals surface area contributed by atoms with Gasteiger partial charge in [0.05, 0.1) is 17.3 Å². The van der Waals surface area contributed by atoms with E-state index in [9.17, 15) is 18.0 Å². The van der Waals surface area contributed by atoms with Crippen molar-refractivity contribution in [3.63, 3.8) is 0 Å². The predicted molar refractivity (Wildman–Crippen MR) is 127 cm³/mol. The predicted octanol–water partition coefficient (Wildman–Crippen LogP) is 5.29. The van der Waals surface area contributed by atoms with Gasteiger partial charge in [0.25, 0.3) is 0 Å². The van der Waals surface area contributed by atoms with E-state index in [-0.39, 0.29) is 18.3 Å². The number of nitrogens with zero attached hydrogens (tertiary/aromatic N) is 2. The third-order valence-corrected chi connectivity index (χ3v) is 5.37. The number of aliphatic imine (C=N–C) groups is 1. The summed E-state index contributed by atoms with van der Waals surface area (Å²) in [6, 6.07) is 6.48. The van der Waals surface area contributed by atoms with E-state index in [0.717, 1.165) is 23.3 Å². The summed E-state index contributed by atoms with van der Waals surface area (Å²) < 4.78 is 50.8. The number of amides is 1. The number of hydrogen-bond donors (Lipinski definition) is 1. The second-order valence-electron chi connectivity index (χ2n) is 7.69. The molecule has 2 heterocycles. The number of hydrogen-bond acceptors (Lipinski definition) is 5. The van der Waals surface area contributed by atoms with Crippen molar-refractivity contribution in [2.75, 3.05) is 0 Å². The van der Waals surface area contributed by atoms with Gasteiger partial charge < -0.3 is 15.2 Å². The Morgan fingerprint density at radius 3 is 2.61 bits per heavy atom. The zero-order valence-corrected chi connectivity index (χ0v) is 19.1.